The summed E-state index contributed by atoms with van der Waals surface area (Å²) in [6, 6.07) is 2.09. The molecular weight excluding hydrogens is 338 g/mol. The lowest BCUT2D eigenvalue weighted by atomic mass is 10.1. The number of morpholine rings is 1. The molecule has 6 heteroatoms. The van der Waals surface area contributed by atoms with E-state index >= 15 is 0 Å². The molecular formula is C19H26ClN3O2. The van der Waals surface area contributed by atoms with E-state index < -0.39 is 0 Å². The van der Waals surface area contributed by atoms with Gasteiger partial charge in [0.05, 0.1) is 24.5 Å². The van der Waals surface area contributed by atoms with Crippen molar-refractivity contribution in [1.29, 1.82) is 0 Å². The van der Waals surface area contributed by atoms with Gasteiger partial charge in [0.25, 0.3) is 0 Å². The zero-order valence-corrected chi connectivity index (χ0v) is 15.7. The van der Waals surface area contributed by atoms with Crippen molar-refractivity contribution in [3.05, 3.63) is 23.0 Å². The Hall–Kier alpha value is -1.77. The van der Waals surface area contributed by atoms with Crippen molar-refractivity contribution in [2.24, 2.45) is 0 Å². The largest absolute Gasteiger partial charge is 0.382 e. The zero-order chi connectivity index (χ0) is 18.1. The molecule has 0 aliphatic carbocycles. The van der Waals surface area contributed by atoms with Crippen molar-refractivity contribution in [3.63, 3.8) is 0 Å². The monoisotopic (exact) mass is 363 g/mol. The topological polar surface area (TPSA) is 54.5 Å². The van der Waals surface area contributed by atoms with Crippen molar-refractivity contribution in [3.8, 4) is 11.8 Å². The van der Waals surface area contributed by atoms with Gasteiger partial charge in [-0.1, -0.05) is 23.4 Å². The minimum Gasteiger partial charge on any atom is -0.382 e. The van der Waals surface area contributed by atoms with Gasteiger partial charge >= 0.3 is 0 Å². The highest BCUT2D eigenvalue weighted by Gasteiger charge is 2.15. The predicted molar refractivity (Wildman–Crippen MR) is 101 cm³/mol. The molecule has 1 aromatic heterocycles. The van der Waals surface area contributed by atoms with E-state index in [-0.39, 0.29) is 5.91 Å². The number of carbonyl (C=O) groups excluding carboxylic acids is 1. The maximum atomic E-state index is 12.0. The Morgan fingerprint density at radius 1 is 1.40 bits per heavy atom. The number of halogens is 1. The van der Waals surface area contributed by atoms with Crippen LogP contribution in [-0.4, -0.2) is 48.1 Å². The Labute approximate surface area is 155 Å². The zero-order valence-electron chi connectivity index (χ0n) is 15.0. The van der Waals surface area contributed by atoms with Crippen LogP contribution in [0.5, 0.6) is 0 Å². The van der Waals surface area contributed by atoms with E-state index in [0.717, 1.165) is 30.5 Å². The molecule has 1 saturated heterocycles. The maximum Gasteiger partial charge on any atom is 0.222 e. The third-order valence-corrected chi connectivity index (χ3v) is 4.05. The summed E-state index contributed by atoms with van der Waals surface area (Å²) in [5, 5.41) is 3.78. The second-order valence-electron chi connectivity index (χ2n) is 6.35. The molecule has 0 spiro atoms. The third kappa shape index (κ3) is 6.93. The number of unbranched alkanes of at least 4 members (excludes halogenated alkanes) is 2. The van der Waals surface area contributed by atoms with Gasteiger partial charge in [-0.15, -0.1) is 0 Å². The quantitative estimate of drug-likeness (QED) is 0.478. The third-order valence-electron chi connectivity index (χ3n) is 3.84. The number of hydrogen-bond donors (Lipinski definition) is 1. The Kier molecular flexibility index (Phi) is 8.03. The molecule has 5 nitrogen and oxygen atoms in total. The van der Waals surface area contributed by atoms with Gasteiger partial charge in [0.15, 0.2) is 0 Å². The Bertz CT molecular complexity index is 631. The minimum absolute atomic E-state index is 0.224. The van der Waals surface area contributed by atoms with Crippen LogP contribution in [0.2, 0.25) is 5.15 Å². The van der Waals surface area contributed by atoms with Gasteiger partial charge in [-0.25, -0.2) is 4.98 Å². The van der Waals surface area contributed by atoms with E-state index in [2.05, 4.69) is 36.0 Å². The van der Waals surface area contributed by atoms with Gasteiger partial charge < -0.3 is 15.0 Å². The summed E-state index contributed by atoms with van der Waals surface area (Å²) in [7, 11) is 0. The van der Waals surface area contributed by atoms with Crippen molar-refractivity contribution < 1.29 is 9.53 Å². The molecule has 1 fully saturated rings. The van der Waals surface area contributed by atoms with Gasteiger partial charge in [0.1, 0.15) is 5.15 Å². The molecule has 1 aliphatic rings. The van der Waals surface area contributed by atoms with Crippen LogP contribution in [0, 0.1) is 11.8 Å². The average Bonchev–Trinajstić information content (AvgIpc) is 2.59. The molecule has 0 saturated carbocycles. The van der Waals surface area contributed by atoms with E-state index in [9.17, 15) is 4.79 Å². The molecule has 1 N–H and O–H groups in total. The van der Waals surface area contributed by atoms with E-state index in [1.54, 1.807) is 12.3 Å². The summed E-state index contributed by atoms with van der Waals surface area (Å²) in [6.07, 6.45) is 4.82. The first-order chi connectivity index (χ1) is 12.1. The number of hydrogen-bond acceptors (Lipinski definition) is 4. The Morgan fingerprint density at radius 2 is 2.16 bits per heavy atom. The number of carbonyl (C=O) groups is 1. The maximum absolute atomic E-state index is 12.0. The first kappa shape index (κ1) is 19.6. The molecule has 0 bridgehead atoms. The van der Waals surface area contributed by atoms with Crippen LogP contribution >= 0.6 is 11.6 Å². The van der Waals surface area contributed by atoms with Gasteiger partial charge in [0, 0.05) is 38.2 Å². The van der Waals surface area contributed by atoms with Gasteiger partial charge in [0.2, 0.25) is 5.91 Å². The van der Waals surface area contributed by atoms with Gasteiger partial charge in [-0.2, -0.15) is 0 Å². The standard InChI is InChI=1S/C19H26ClN3O2/c1-15(2)22-17-13-18(20)21-14-16(17)7-5-3-4-6-8-19(24)23-9-11-25-12-10-23/h13-15H,3-4,6,8-12H2,1-2H3,(H,21,22). The van der Waals surface area contributed by atoms with Crippen molar-refractivity contribution >= 4 is 23.2 Å². The highest BCUT2D eigenvalue weighted by molar-refractivity contribution is 6.29. The van der Waals surface area contributed by atoms with Crippen LogP contribution in [0.3, 0.4) is 0 Å². The second kappa shape index (κ2) is 10.3. The van der Waals surface area contributed by atoms with Gasteiger partial charge in [-0.3, -0.25) is 4.79 Å². The Morgan fingerprint density at radius 3 is 2.88 bits per heavy atom. The number of rotatable bonds is 6. The summed E-state index contributed by atoms with van der Waals surface area (Å²) in [6.45, 7) is 6.87. The fraction of sp³-hybridized carbons (Fsp3) is 0.579. The van der Waals surface area contributed by atoms with Crippen LogP contribution in [0.4, 0.5) is 5.69 Å². The lowest BCUT2D eigenvalue weighted by molar-refractivity contribution is -0.135. The molecule has 25 heavy (non-hydrogen) atoms. The number of pyridine rings is 1. The number of amides is 1. The fourth-order valence-electron chi connectivity index (χ4n) is 2.58. The van der Waals surface area contributed by atoms with Crippen LogP contribution in [-0.2, 0) is 9.53 Å². The van der Waals surface area contributed by atoms with E-state index in [0.29, 0.717) is 43.9 Å². The normalized spacial score (nSPS) is 14.2. The summed E-state index contributed by atoms with van der Waals surface area (Å²) in [5.41, 5.74) is 1.76. The lowest BCUT2D eigenvalue weighted by Gasteiger charge is -2.26. The van der Waals surface area contributed by atoms with Crippen LogP contribution in [0.25, 0.3) is 0 Å². The Balaban J connectivity index is 1.76. The second-order valence-corrected chi connectivity index (χ2v) is 6.74. The summed E-state index contributed by atoms with van der Waals surface area (Å²) in [4.78, 5) is 18.0. The molecule has 2 heterocycles. The van der Waals surface area contributed by atoms with E-state index in [4.69, 9.17) is 16.3 Å². The van der Waals surface area contributed by atoms with Crippen LogP contribution in [0.1, 0.15) is 45.1 Å². The van der Waals surface area contributed by atoms with Crippen molar-refractivity contribution in [2.45, 2.75) is 45.6 Å². The summed E-state index contributed by atoms with van der Waals surface area (Å²) < 4.78 is 5.26. The summed E-state index contributed by atoms with van der Waals surface area (Å²) >= 11 is 5.95. The number of nitrogens with one attached hydrogen (secondary N) is 1. The summed E-state index contributed by atoms with van der Waals surface area (Å²) in [5.74, 6) is 6.55. The predicted octanol–water partition coefficient (Wildman–Crippen LogP) is 3.33. The SMILES string of the molecule is CC(C)Nc1cc(Cl)ncc1C#CCCCCC(=O)N1CCOCC1. The van der Waals surface area contributed by atoms with E-state index in [1.165, 1.54) is 0 Å². The first-order valence-corrected chi connectivity index (χ1v) is 9.20. The molecule has 1 amide bonds. The number of aromatic nitrogens is 1. The van der Waals surface area contributed by atoms with Crippen LogP contribution in [0.15, 0.2) is 12.3 Å². The van der Waals surface area contributed by atoms with Gasteiger partial charge in [-0.05, 0) is 32.8 Å². The number of ether oxygens (including phenoxy) is 1. The molecule has 0 radical (unpaired) electrons. The fourth-order valence-corrected chi connectivity index (χ4v) is 2.74. The van der Waals surface area contributed by atoms with Crippen LogP contribution < -0.4 is 5.32 Å². The molecule has 0 atom stereocenters. The molecule has 0 unspecified atom stereocenters. The first-order valence-electron chi connectivity index (χ1n) is 8.82. The molecule has 0 aromatic carbocycles. The highest BCUT2D eigenvalue weighted by Crippen LogP contribution is 2.18. The highest BCUT2D eigenvalue weighted by atomic mass is 35.5. The lowest BCUT2D eigenvalue weighted by Crippen LogP contribution is -2.40. The molecule has 1 aliphatic heterocycles. The average molecular weight is 364 g/mol. The van der Waals surface area contributed by atoms with Crippen molar-refractivity contribution in [2.75, 3.05) is 31.6 Å². The minimum atomic E-state index is 0.224. The molecule has 1 aromatic rings. The number of anilines is 1. The van der Waals surface area contributed by atoms with Crippen molar-refractivity contribution in [1.82, 2.24) is 9.88 Å². The number of nitrogens with zero attached hydrogens (tertiary/aromatic N) is 2. The molecule has 2 rings (SSSR count). The van der Waals surface area contributed by atoms with E-state index in [1.807, 2.05) is 4.90 Å². The smallest absolute Gasteiger partial charge is 0.222 e. The molecule has 136 valence electrons.